The highest BCUT2D eigenvalue weighted by atomic mass is 16.5. The molecule has 1 aromatic rings. The molecular formula is C14H23N3O. The Kier molecular flexibility index (Phi) is 3.66. The molecular weight excluding hydrogens is 226 g/mol. The Morgan fingerprint density at radius 3 is 3.06 bits per heavy atom. The lowest BCUT2D eigenvalue weighted by atomic mass is 10.0. The zero-order valence-corrected chi connectivity index (χ0v) is 11.3. The van der Waals surface area contributed by atoms with Crippen LogP contribution < -0.4 is 0 Å². The fourth-order valence-electron chi connectivity index (χ4n) is 2.89. The van der Waals surface area contributed by atoms with Gasteiger partial charge in [0, 0.05) is 45.2 Å². The second-order valence-corrected chi connectivity index (χ2v) is 5.65. The molecule has 3 rings (SSSR count). The second kappa shape index (κ2) is 5.41. The summed E-state index contributed by atoms with van der Waals surface area (Å²) in [7, 11) is 0. The van der Waals surface area contributed by atoms with E-state index in [2.05, 4.69) is 22.6 Å². The Hall–Kier alpha value is -0.870. The molecule has 2 aliphatic heterocycles. The van der Waals surface area contributed by atoms with Gasteiger partial charge in [-0.2, -0.15) is 0 Å². The highest BCUT2D eigenvalue weighted by Crippen LogP contribution is 2.19. The molecule has 1 aromatic heterocycles. The molecule has 0 radical (unpaired) electrons. The van der Waals surface area contributed by atoms with Gasteiger partial charge in [-0.05, 0) is 12.3 Å². The molecule has 2 aliphatic rings. The number of aryl methyl sites for hydroxylation is 1. The van der Waals surface area contributed by atoms with Gasteiger partial charge in [0.15, 0.2) is 0 Å². The van der Waals surface area contributed by atoms with Crippen LogP contribution in [-0.2, 0) is 24.1 Å². The molecule has 4 nitrogen and oxygen atoms in total. The smallest absolute Gasteiger partial charge is 0.108 e. The van der Waals surface area contributed by atoms with Crippen molar-refractivity contribution in [3.63, 3.8) is 0 Å². The van der Waals surface area contributed by atoms with Gasteiger partial charge >= 0.3 is 0 Å². The maximum atomic E-state index is 5.37. The minimum Gasteiger partial charge on any atom is -0.379 e. The summed E-state index contributed by atoms with van der Waals surface area (Å²) in [5.74, 6) is 2.10. The Bertz CT molecular complexity index is 396. The van der Waals surface area contributed by atoms with Crippen molar-refractivity contribution in [1.82, 2.24) is 14.5 Å². The zero-order valence-electron chi connectivity index (χ0n) is 11.3. The zero-order chi connectivity index (χ0) is 12.4. The number of aromatic nitrogens is 2. The van der Waals surface area contributed by atoms with E-state index in [0.29, 0.717) is 0 Å². The molecule has 0 spiro atoms. The van der Waals surface area contributed by atoms with Crippen molar-refractivity contribution >= 4 is 0 Å². The summed E-state index contributed by atoms with van der Waals surface area (Å²) in [6.45, 7) is 8.52. The number of hydrogen-bond acceptors (Lipinski definition) is 3. The van der Waals surface area contributed by atoms with Gasteiger partial charge in [0.25, 0.3) is 0 Å². The van der Waals surface area contributed by atoms with Crippen LogP contribution >= 0.6 is 0 Å². The van der Waals surface area contributed by atoms with Crippen molar-refractivity contribution in [2.75, 3.05) is 32.8 Å². The molecule has 0 bridgehead atoms. The van der Waals surface area contributed by atoms with Gasteiger partial charge in [0.1, 0.15) is 5.82 Å². The first-order chi connectivity index (χ1) is 8.81. The summed E-state index contributed by atoms with van der Waals surface area (Å²) in [6, 6.07) is 0. The second-order valence-electron chi connectivity index (χ2n) is 5.65. The van der Waals surface area contributed by atoms with Crippen LogP contribution in [0.25, 0.3) is 0 Å². The average Bonchev–Trinajstić information content (AvgIpc) is 2.79. The lowest BCUT2D eigenvalue weighted by Crippen LogP contribution is -2.37. The number of rotatable bonds is 3. The van der Waals surface area contributed by atoms with Crippen LogP contribution in [0.1, 0.15) is 24.9 Å². The van der Waals surface area contributed by atoms with E-state index in [1.54, 1.807) is 0 Å². The Labute approximate surface area is 109 Å². The molecule has 0 saturated carbocycles. The Morgan fingerprint density at radius 1 is 1.39 bits per heavy atom. The van der Waals surface area contributed by atoms with Gasteiger partial charge in [-0.15, -0.1) is 0 Å². The van der Waals surface area contributed by atoms with Crippen molar-refractivity contribution < 1.29 is 4.74 Å². The fourth-order valence-corrected chi connectivity index (χ4v) is 2.89. The summed E-state index contributed by atoms with van der Waals surface area (Å²) < 4.78 is 7.73. The van der Waals surface area contributed by atoms with Gasteiger partial charge in [-0.25, -0.2) is 4.98 Å². The number of morpholine rings is 1. The van der Waals surface area contributed by atoms with E-state index >= 15 is 0 Å². The number of fused-ring (bicyclic) bond motifs is 1. The minimum absolute atomic E-state index is 0.804. The molecule has 1 atom stereocenters. The molecule has 0 aromatic carbocycles. The third-order valence-electron chi connectivity index (χ3n) is 4.07. The summed E-state index contributed by atoms with van der Waals surface area (Å²) in [4.78, 5) is 7.25. The maximum Gasteiger partial charge on any atom is 0.108 e. The summed E-state index contributed by atoms with van der Waals surface area (Å²) >= 11 is 0. The SMILES string of the molecule is CC1CCc2nc(CCN3CCOCC3)cn2C1. The molecule has 18 heavy (non-hydrogen) atoms. The third-order valence-corrected chi connectivity index (χ3v) is 4.07. The molecule has 0 N–H and O–H groups in total. The molecule has 0 aliphatic carbocycles. The van der Waals surface area contributed by atoms with Gasteiger partial charge in [0.2, 0.25) is 0 Å². The maximum absolute atomic E-state index is 5.37. The largest absolute Gasteiger partial charge is 0.379 e. The molecule has 3 heterocycles. The molecule has 1 fully saturated rings. The first-order valence-corrected chi connectivity index (χ1v) is 7.16. The van der Waals surface area contributed by atoms with Crippen LogP contribution in [0.15, 0.2) is 6.20 Å². The van der Waals surface area contributed by atoms with E-state index in [0.717, 1.165) is 58.2 Å². The number of ether oxygens (including phenoxy) is 1. The fraction of sp³-hybridized carbons (Fsp3) is 0.786. The highest BCUT2D eigenvalue weighted by molar-refractivity contribution is 5.07. The van der Waals surface area contributed by atoms with E-state index < -0.39 is 0 Å². The van der Waals surface area contributed by atoms with Crippen LogP contribution in [0.3, 0.4) is 0 Å². The van der Waals surface area contributed by atoms with Crippen LogP contribution in [0.4, 0.5) is 0 Å². The molecule has 1 saturated heterocycles. The predicted octanol–water partition coefficient (Wildman–Crippen LogP) is 1.34. The molecule has 1 unspecified atom stereocenters. The van der Waals surface area contributed by atoms with Gasteiger partial charge in [-0.1, -0.05) is 6.92 Å². The monoisotopic (exact) mass is 249 g/mol. The highest BCUT2D eigenvalue weighted by Gasteiger charge is 2.17. The Balaban J connectivity index is 1.56. The van der Waals surface area contributed by atoms with Crippen LogP contribution in [0, 0.1) is 5.92 Å². The van der Waals surface area contributed by atoms with Crippen molar-refractivity contribution in [2.45, 2.75) is 32.7 Å². The predicted molar refractivity (Wildman–Crippen MR) is 70.7 cm³/mol. The number of imidazole rings is 1. The topological polar surface area (TPSA) is 30.3 Å². The Morgan fingerprint density at radius 2 is 2.22 bits per heavy atom. The van der Waals surface area contributed by atoms with Crippen molar-refractivity contribution in [2.24, 2.45) is 5.92 Å². The summed E-state index contributed by atoms with van der Waals surface area (Å²) in [6.07, 6.45) is 5.79. The molecule has 100 valence electrons. The molecule has 0 amide bonds. The standard InChI is InChI=1S/C14H23N3O/c1-12-2-3-14-15-13(11-17(14)10-12)4-5-16-6-8-18-9-7-16/h11-12H,2-10H2,1H3. The first-order valence-electron chi connectivity index (χ1n) is 7.16. The quantitative estimate of drug-likeness (QED) is 0.810. The van der Waals surface area contributed by atoms with Crippen molar-refractivity contribution in [1.29, 1.82) is 0 Å². The van der Waals surface area contributed by atoms with Gasteiger partial charge < -0.3 is 9.30 Å². The van der Waals surface area contributed by atoms with Crippen LogP contribution in [0.5, 0.6) is 0 Å². The first kappa shape index (κ1) is 12.2. The summed E-state index contributed by atoms with van der Waals surface area (Å²) in [5.41, 5.74) is 1.27. The molecule has 4 heteroatoms. The van der Waals surface area contributed by atoms with E-state index in [1.807, 2.05) is 0 Å². The van der Waals surface area contributed by atoms with Crippen LogP contribution in [0.2, 0.25) is 0 Å². The van der Waals surface area contributed by atoms with Crippen molar-refractivity contribution in [3.8, 4) is 0 Å². The van der Waals surface area contributed by atoms with E-state index in [4.69, 9.17) is 9.72 Å². The van der Waals surface area contributed by atoms with Crippen molar-refractivity contribution in [3.05, 3.63) is 17.7 Å². The average molecular weight is 249 g/mol. The van der Waals surface area contributed by atoms with Gasteiger partial charge in [0.05, 0.1) is 18.9 Å². The lowest BCUT2D eigenvalue weighted by Gasteiger charge is -2.26. The van der Waals surface area contributed by atoms with E-state index in [1.165, 1.54) is 17.9 Å². The third kappa shape index (κ3) is 2.75. The number of nitrogens with zero attached hydrogens (tertiary/aromatic N) is 3. The minimum atomic E-state index is 0.804. The normalized spacial score (nSPS) is 25.1. The van der Waals surface area contributed by atoms with Crippen LogP contribution in [-0.4, -0.2) is 47.3 Å². The number of hydrogen-bond donors (Lipinski definition) is 0. The lowest BCUT2D eigenvalue weighted by molar-refractivity contribution is 0.0383. The summed E-state index contributed by atoms with van der Waals surface area (Å²) in [5, 5.41) is 0. The van der Waals surface area contributed by atoms with E-state index in [9.17, 15) is 0 Å². The van der Waals surface area contributed by atoms with E-state index in [-0.39, 0.29) is 0 Å². The van der Waals surface area contributed by atoms with Gasteiger partial charge in [-0.3, -0.25) is 4.90 Å².